The molecule has 0 radical (unpaired) electrons. The first-order chi connectivity index (χ1) is 13.1. The van der Waals surface area contributed by atoms with Crippen molar-refractivity contribution >= 4 is 23.0 Å². The molecule has 28 heavy (non-hydrogen) atoms. The van der Waals surface area contributed by atoms with Crippen LogP contribution in [0.5, 0.6) is 0 Å². The SMILES string of the molecule is CC1(C)OCC([C@H]2O[C@@H]3OC(C)(C)O[C@@H]3[C@@H]2NC(=S)Nc2ccccc2F)O1. The summed E-state index contributed by atoms with van der Waals surface area (Å²) in [6, 6.07) is 5.97. The number of fused-ring (bicyclic) bond motifs is 1. The Labute approximate surface area is 168 Å². The van der Waals surface area contributed by atoms with Gasteiger partial charge in [0.05, 0.1) is 18.3 Å². The van der Waals surface area contributed by atoms with E-state index in [0.29, 0.717) is 6.61 Å². The highest BCUT2D eigenvalue weighted by atomic mass is 32.1. The summed E-state index contributed by atoms with van der Waals surface area (Å²) >= 11 is 5.41. The van der Waals surface area contributed by atoms with Crippen LogP contribution >= 0.6 is 12.2 Å². The molecule has 0 bridgehead atoms. The van der Waals surface area contributed by atoms with Gasteiger partial charge >= 0.3 is 0 Å². The minimum Gasteiger partial charge on any atom is -0.354 e. The first-order valence-corrected chi connectivity index (χ1v) is 9.69. The zero-order chi connectivity index (χ0) is 20.1. The van der Waals surface area contributed by atoms with E-state index in [4.69, 9.17) is 35.9 Å². The van der Waals surface area contributed by atoms with Crippen LogP contribution in [0.4, 0.5) is 10.1 Å². The summed E-state index contributed by atoms with van der Waals surface area (Å²) in [5.41, 5.74) is 0.289. The van der Waals surface area contributed by atoms with Gasteiger partial charge in [-0.05, 0) is 52.0 Å². The van der Waals surface area contributed by atoms with Gasteiger partial charge in [-0.2, -0.15) is 0 Å². The second-order valence-electron chi connectivity index (χ2n) is 8.04. The summed E-state index contributed by atoms with van der Waals surface area (Å²) in [6.07, 6.45) is -1.67. The highest BCUT2D eigenvalue weighted by Crippen LogP contribution is 2.40. The largest absolute Gasteiger partial charge is 0.354 e. The summed E-state index contributed by atoms with van der Waals surface area (Å²) in [5, 5.41) is 6.35. The van der Waals surface area contributed by atoms with Crippen LogP contribution in [0.15, 0.2) is 24.3 Å². The molecule has 0 saturated carbocycles. The van der Waals surface area contributed by atoms with Crippen molar-refractivity contribution in [1.82, 2.24) is 5.32 Å². The number of halogens is 1. The smallest absolute Gasteiger partial charge is 0.189 e. The third kappa shape index (κ3) is 4.00. The summed E-state index contributed by atoms with van der Waals surface area (Å²) in [6.45, 7) is 7.74. The Morgan fingerprint density at radius 2 is 1.82 bits per heavy atom. The summed E-state index contributed by atoms with van der Waals surface area (Å²) in [4.78, 5) is 0. The van der Waals surface area contributed by atoms with Gasteiger partial charge in [-0.15, -0.1) is 0 Å². The fourth-order valence-corrected chi connectivity index (χ4v) is 4.01. The van der Waals surface area contributed by atoms with Crippen molar-refractivity contribution in [3.8, 4) is 0 Å². The molecule has 3 fully saturated rings. The number of thiocarbonyl (C=S) groups is 1. The molecule has 5 atom stereocenters. The lowest BCUT2D eigenvalue weighted by Gasteiger charge is -2.30. The fraction of sp³-hybridized carbons (Fsp3) is 0.632. The van der Waals surface area contributed by atoms with Crippen LogP contribution in [0.1, 0.15) is 27.7 Å². The highest BCUT2D eigenvalue weighted by molar-refractivity contribution is 7.80. The maximum atomic E-state index is 13.9. The van der Waals surface area contributed by atoms with Gasteiger partial charge in [-0.1, -0.05) is 12.1 Å². The zero-order valence-corrected chi connectivity index (χ0v) is 17.0. The summed E-state index contributed by atoms with van der Waals surface area (Å²) in [7, 11) is 0. The molecule has 1 aromatic carbocycles. The molecule has 0 aromatic heterocycles. The lowest BCUT2D eigenvalue weighted by Crippen LogP contribution is -2.53. The summed E-state index contributed by atoms with van der Waals surface area (Å²) in [5.74, 6) is -1.85. The Balaban J connectivity index is 1.50. The quantitative estimate of drug-likeness (QED) is 0.734. The molecular formula is C19H25FN2O5S. The van der Waals surface area contributed by atoms with Crippen molar-refractivity contribution in [2.45, 2.75) is 69.9 Å². The minimum absolute atomic E-state index is 0.260. The van der Waals surface area contributed by atoms with Crippen LogP contribution in [0.3, 0.4) is 0 Å². The second kappa shape index (κ2) is 7.16. The monoisotopic (exact) mass is 412 g/mol. The van der Waals surface area contributed by atoms with E-state index in [0.717, 1.165) is 0 Å². The van der Waals surface area contributed by atoms with Crippen LogP contribution < -0.4 is 10.6 Å². The molecule has 3 heterocycles. The summed E-state index contributed by atoms with van der Waals surface area (Å²) < 4.78 is 43.6. The third-order valence-electron chi connectivity index (χ3n) is 4.90. The molecule has 1 unspecified atom stereocenters. The molecule has 154 valence electrons. The Morgan fingerprint density at radius 1 is 1.07 bits per heavy atom. The molecule has 1 aromatic rings. The van der Waals surface area contributed by atoms with Crippen LogP contribution in [0.2, 0.25) is 0 Å². The lowest BCUT2D eigenvalue weighted by molar-refractivity contribution is -0.223. The van der Waals surface area contributed by atoms with E-state index >= 15 is 0 Å². The van der Waals surface area contributed by atoms with Gasteiger partial charge in [-0.25, -0.2) is 4.39 Å². The normalized spacial score (nSPS) is 35.5. The number of hydrogen-bond donors (Lipinski definition) is 2. The van der Waals surface area contributed by atoms with Crippen molar-refractivity contribution in [3.63, 3.8) is 0 Å². The van der Waals surface area contributed by atoms with E-state index in [2.05, 4.69) is 10.6 Å². The van der Waals surface area contributed by atoms with E-state index in [1.807, 2.05) is 27.7 Å². The van der Waals surface area contributed by atoms with E-state index < -0.39 is 30.1 Å². The van der Waals surface area contributed by atoms with Crippen LogP contribution in [-0.2, 0) is 23.7 Å². The molecule has 7 nitrogen and oxygen atoms in total. The Morgan fingerprint density at radius 3 is 2.50 bits per heavy atom. The minimum atomic E-state index is -0.771. The van der Waals surface area contributed by atoms with Crippen molar-refractivity contribution in [3.05, 3.63) is 30.1 Å². The van der Waals surface area contributed by atoms with E-state index in [9.17, 15) is 4.39 Å². The molecule has 0 aliphatic carbocycles. The average Bonchev–Trinajstić information content (AvgIpc) is 3.20. The molecule has 4 rings (SSSR count). The van der Waals surface area contributed by atoms with Crippen molar-refractivity contribution < 1.29 is 28.1 Å². The standard InChI is InChI=1S/C19H25FN2O5S/c1-18(2)23-9-12(25-18)14-13(15-16(24-14)27-19(3,4)26-15)22-17(28)21-11-8-6-5-7-10(11)20/h5-8,12-16H,9H2,1-4H3,(H2,21,22,28)/t12?,13-,14-,15-,16-/m1/s1. The molecule has 3 aliphatic heterocycles. The number of anilines is 1. The van der Waals surface area contributed by atoms with Crippen LogP contribution in [0.25, 0.3) is 0 Å². The Hall–Kier alpha value is -1.36. The third-order valence-corrected chi connectivity index (χ3v) is 5.12. The van der Waals surface area contributed by atoms with Gasteiger partial charge in [0.1, 0.15) is 24.1 Å². The number of rotatable bonds is 3. The van der Waals surface area contributed by atoms with Crippen molar-refractivity contribution in [2.24, 2.45) is 0 Å². The van der Waals surface area contributed by atoms with Crippen LogP contribution in [-0.4, -0.2) is 53.9 Å². The fourth-order valence-electron chi connectivity index (χ4n) is 3.76. The van der Waals surface area contributed by atoms with Gasteiger partial charge in [0.2, 0.25) is 0 Å². The predicted molar refractivity (Wildman–Crippen MR) is 103 cm³/mol. The first kappa shape index (κ1) is 19.9. The van der Waals surface area contributed by atoms with Crippen LogP contribution in [0, 0.1) is 5.82 Å². The molecule has 0 amide bonds. The maximum Gasteiger partial charge on any atom is 0.189 e. The molecule has 2 N–H and O–H groups in total. The maximum absolute atomic E-state index is 13.9. The van der Waals surface area contributed by atoms with Gasteiger partial charge in [0, 0.05) is 0 Å². The molecule has 9 heteroatoms. The van der Waals surface area contributed by atoms with Gasteiger partial charge in [0.15, 0.2) is 23.0 Å². The first-order valence-electron chi connectivity index (χ1n) is 9.28. The predicted octanol–water partition coefficient (Wildman–Crippen LogP) is 2.51. The van der Waals surface area contributed by atoms with E-state index in [1.165, 1.54) is 6.07 Å². The zero-order valence-electron chi connectivity index (χ0n) is 16.2. The number of benzene rings is 1. The molecular weight excluding hydrogens is 387 g/mol. The number of hydrogen-bond acceptors (Lipinski definition) is 6. The average molecular weight is 412 g/mol. The number of nitrogens with one attached hydrogen (secondary N) is 2. The van der Waals surface area contributed by atoms with E-state index in [1.54, 1.807) is 18.2 Å². The highest BCUT2D eigenvalue weighted by Gasteiger charge is 2.58. The molecule has 0 spiro atoms. The van der Waals surface area contributed by atoms with Gasteiger partial charge in [-0.3, -0.25) is 0 Å². The van der Waals surface area contributed by atoms with Crippen molar-refractivity contribution in [1.29, 1.82) is 0 Å². The van der Waals surface area contributed by atoms with Gasteiger partial charge in [0.25, 0.3) is 0 Å². The molecule has 3 aliphatic rings. The Bertz CT molecular complexity index is 762. The second-order valence-corrected chi connectivity index (χ2v) is 8.45. The van der Waals surface area contributed by atoms with E-state index in [-0.39, 0.29) is 28.8 Å². The lowest BCUT2D eigenvalue weighted by atomic mass is 10.0. The van der Waals surface area contributed by atoms with Gasteiger partial charge < -0.3 is 34.3 Å². The topological polar surface area (TPSA) is 70.2 Å². The van der Waals surface area contributed by atoms with Crippen molar-refractivity contribution in [2.75, 3.05) is 11.9 Å². The number of ether oxygens (including phenoxy) is 5. The molecule has 3 saturated heterocycles. The Kier molecular flexibility index (Phi) is 5.09. The number of para-hydroxylation sites is 1.